The van der Waals surface area contributed by atoms with Crippen molar-refractivity contribution in [3.05, 3.63) is 23.9 Å². The van der Waals surface area contributed by atoms with E-state index in [1.807, 2.05) is 13.1 Å². The van der Waals surface area contributed by atoms with Crippen molar-refractivity contribution in [2.45, 2.75) is 20.0 Å². The van der Waals surface area contributed by atoms with Crippen molar-refractivity contribution in [2.24, 2.45) is 7.05 Å². The van der Waals surface area contributed by atoms with E-state index < -0.39 is 5.97 Å². The third kappa shape index (κ3) is 1.95. The van der Waals surface area contributed by atoms with E-state index in [1.165, 1.54) is 0 Å². The minimum Gasteiger partial charge on any atom is -0.459 e. The van der Waals surface area contributed by atoms with E-state index in [1.54, 1.807) is 30.8 Å². The van der Waals surface area contributed by atoms with Crippen LogP contribution in [0.25, 0.3) is 10.9 Å². The summed E-state index contributed by atoms with van der Waals surface area (Å²) in [4.78, 5) is 11.8. The quantitative estimate of drug-likeness (QED) is 0.633. The molecule has 0 aliphatic carbocycles. The van der Waals surface area contributed by atoms with Crippen molar-refractivity contribution < 1.29 is 9.53 Å². The van der Waals surface area contributed by atoms with Crippen LogP contribution in [0.1, 0.15) is 24.2 Å². The Bertz CT molecular complexity index is 572. The lowest BCUT2D eigenvalue weighted by Crippen LogP contribution is -2.13. The molecule has 1 aromatic carbocycles. The second-order valence-electron chi connectivity index (χ2n) is 4.18. The minimum atomic E-state index is -0.400. The van der Waals surface area contributed by atoms with E-state index in [0.29, 0.717) is 11.3 Å². The monoisotopic (exact) mass is 233 g/mol. The fourth-order valence-corrected chi connectivity index (χ4v) is 1.70. The third-order valence-corrected chi connectivity index (χ3v) is 2.54. The number of fused-ring (bicyclic) bond motifs is 1. The summed E-state index contributed by atoms with van der Waals surface area (Å²) >= 11 is 0. The SMILES string of the molecule is CC(C)OC(=O)c1ccc2c(cnn2C)c1N. The zero-order valence-corrected chi connectivity index (χ0v) is 10.1. The molecule has 0 bridgehead atoms. The first kappa shape index (κ1) is 11.4. The summed E-state index contributed by atoms with van der Waals surface area (Å²) in [5, 5.41) is 4.87. The molecule has 5 nitrogen and oxygen atoms in total. The second kappa shape index (κ2) is 4.08. The van der Waals surface area contributed by atoms with Crippen LogP contribution in [0.4, 0.5) is 5.69 Å². The van der Waals surface area contributed by atoms with E-state index in [0.717, 1.165) is 10.9 Å². The Morgan fingerprint density at radius 3 is 2.82 bits per heavy atom. The van der Waals surface area contributed by atoms with Crippen molar-refractivity contribution >= 4 is 22.6 Å². The lowest BCUT2D eigenvalue weighted by atomic mass is 10.1. The summed E-state index contributed by atoms with van der Waals surface area (Å²) in [5.41, 5.74) is 7.65. The van der Waals surface area contributed by atoms with Gasteiger partial charge in [-0.3, -0.25) is 4.68 Å². The summed E-state index contributed by atoms with van der Waals surface area (Å²) in [6, 6.07) is 3.49. The summed E-state index contributed by atoms with van der Waals surface area (Å²) in [5.74, 6) is -0.400. The smallest absolute Gasteiger partial charge is 0.340 e. The van der Waals surface area contributed by atoms with Crippen molar-refractivity contribution in [1.82, 2.24) is 9.78 Å². The van der Waals surface area contributed by atoms with Gasteiger partial charge in [-0.05, 0) is 26.0 Å². The Morgan fingerprint density at radius 2 is 2.18 bits per heavy atom. The van der Waals surface area contributed by atoms with Crippen molar-refractivity contribution in [2.75, 3.05) is 5.73 Å². The highest BCUT2D eigenvalue weighted by Crippen LogP contribution is 2.25. The number of rotatable bonds is 2. The van der Waals surface area contributed by atoms with Gasteiger partial charge in [-0.2, -0.15) is 5.10 Å². The van der Waals surface area contributed by atoms with Crippen LogP contribution in [0.15, 0.2) is 18.3 Å². The summed E-state index contributed by atoms with van der Waals surface area (Å²) in [7, 11) is 1.83. The summed E-state index contributed by atoms with van der Waals surface area (Å²) in [6.07, 6.45) is 1.49. The topological polar surface area (TPSA) is 70.1 Å². The second-order valence-corrected chi connectivity index (χ2v) is 4.18. The zero-order chi connectivity index (χ0) is 12.6. The maximum atomic E-state index is 11.8. The van der Waals surface area contributed by atoms with E-state index in [4.69, 9.17) is 10.5 Å². The molecule has 0 aliphatic rings. The van der Waals surface area contributed by atoms with Gasteiger partial charge in [-0.25, -0.2) is 4.79 Å². The molecule has 2 aromatic rings. The number of nitrogens with two attached hydrogens (primary N) is 1. The zero-order valence-electron chi connectivity index (χ0n) is 10.1. The van der Waals surface area contributed by atoms with E-state index >= 15 is 0 Å². The van der Waals surface area contributed by atoms with Crippen LogP contribution in [0, 0.1) is 0 Å². The highest BCUT2D eigenvalue weighted by atomic mass is 16.5. The Hall–Kier alpha value is -2.04. The number of aromatic nitrogens is 2. The molecule has 0 radical (unpaired) electrons. The number of nitrogens with zero attached hydrogens (tertiary/aromatic N) is 2. The van der Waals surface area contributed by atoms with Crippen LogP contribution in [-0.4, -0.2) is 21.9 Å². The Kier molecular flexibility index (Phi) is 2.75. The number of aryl methyl sites for hydroxylation is 1. The number of benzene rings is 1. The van der Waals surface area contributed by atoms with Crippen molar-refractivity contribution in [3.63, 3.8) is 0 Å². The number of nitrogen functional groups attached to an aromatic ring is 1. The first-order valence-electron chi connectivity index (χ1n) is 5.42. The molecule has 1 heterocycles. The molecule has 0 atom stereocenters. The molecule has 0 unspecified atom stereocenters. The van der Waals surface area contributed by atoms with E-state index in [-0.39, 0.29) is 6.10 Å². The first-order chi connectivity index (χ1) is 8.00. The first-order valence-corrected chi connectivity index (χ1v) is 5.42. The number of hydrogen-bond donors (Lipinski definition) is 1. The molecular weight excluding hydrogens is 218 g/mol. The normalized spacial score (nSPS) is 11.1. The highest BCUT2D eigenvalue weighted by Gasteiger charge is 2.16. The molecule has 0 aliphatic heterocycles. The maximum absolute atomic E-state index is 11.8. The van der Waals surface area contributed by atoms with Gasteiger partial charge in [0.05, 0.1) is 29.1 Å². The van der Waals surface area contributed by atoms with Crippen molar-refractivity contribution in [3.8, 4) is 0 Å². The Balaban J connectivity index is 2.49. The molecule has 17 heavy (non-hydrogen) atoms. The van der Waals surface area contributed by atoms with Gasteiger partial charge in [0.15, 0.2) is 0 Å². The molecule has 90 valence electrons. The van der Waals surface area contributed by atoms with Gasteiger partial charge < -0.3 is 10.5 Å². The minimum absolute atomic E-state index is 0.161. The molecule has 0 amide bonds. The number of esters is 1. The molecule has 1 aromatic heterocycles. The van der Waals surface area contributed by atoms with Gasteiger partial charge >= 0.3 is 5.97 Å². The molecular formula is C12H15N3O2. The summed E-state index contributed by atoms with van der Waals surface area (Å²) in [6.45, 7) is 3.60. The molecule has 2 N–H and O–H groups in total. The van der Waals surface area contributed by atoms with Gasteiger partial charge in [-0.15, -0.1) is 0 Å². The van der Waals surface area contributed by atoms with Crippen LogP contribution in [0.2, 0.25) is 0 Å². The average molecular weight is 233 g/mol. The van der Waals surface area contributed by atoms with Gasteiger partial charge in [0, 0.05) is 12.4 Å². The van der Waals surface area contributed by atoms with E-state index in [9.17, 15) is 4.79 Å². The molecule has 0 spiro atoms. The van der Waals surface area contributed by atoms with Crippen LogP contribution in [-0.2, 0) is 11.8 Å². The predicted octanol–water partition coefficient (Wildman–Crippen LogP) is 1.72. The molecule has 0 saturated heterocycles. The van der Waals surface area contributed by atoms with Gasteiger partial charge in [0.2, 0.25) is 0 Å². The number of hydrogen-bond acceptors (Lipinski definition) is 4. The lowest BCUT2D eigenvalue weighted by Gasteiger charge is -2.10. The third-order valence-electron chi connectivity index (χ3n) is 2.54. The van der Waals surface area contributed by atoms with Crippen LogP contribution >= 0.6 is 0 Å². The molecule has 2 rings (SSSR count). The maximum Gasteiger partial charge on any atom is 0.340 e. The largest absolute Gasteiger partial charge is 0.459 e. The number of ether oxygens (including phenoxy) is 1. The van der Waals surface area contributed by atoms with Gasteiger partial charge in [-0.1, -0.05) is 0 Å². The molecule has 0 saturated carbocycles. The van der Waals surface area contributed by atoms with Crippen molar-refractivity contribution in [1.29, 1.82) is 0 Å². The summed E-state index contributed by atoms with van der Waals surface area (Å²) < 4.78 is 6.84. The lowest BCUT2D eigenvalue weighted by molar-refractivity contribution is 0.0379. The fourth-order valence-electron chi connectivity index (χ4n) is 1.70. The number of carbonyl (C=O) groups is 1. The Labute approximate surface area is 99.2 Å². The van der Waals surface area contributed by atoms with Gasteiger partial charge in [0.1, 0.15) is 0 Å². The van der Waals surface area contributed by atoms with Crippen LogP contribution in [0.3, 0.4) is 0 Å². The fraction of sp³-hybridized carbons (Fsp3) is 0.333. The Morgan fingerprint density at radius 1 is 1.47 bits per heavy atom. The molecule has 5 heteroatoms. The molecule has 0 fully saturated rings. The predicted molar refractivity (Wildman–Crippen MR) is 65.7 cm³/mol. The van der Waals surface area contributed by atoms with Gasteiger partial charge in [0.25, 0.3) is 0 Å². The van der Waals surface area contributed by atoms with Crippen LogP contribution in [0.5, 0.6) is 0 Å². The number of carbonyl (C=O) groups excluding carboxylic acids is 1. The standard InChI is InChI=1S/C12H15N3O2/c1-7(2)17-12(16)8-4-5-10-9(11(8)13)6-14-15(10)3/h4-7H,13H2,1-3H3. The highest BCUT2D eigenvalue weighted by molar-refractivity contribution is 6.04. The average Bonchev–Trinajstić information content (AvgIpc) is 2.61. The number of anilines is 1. The van der Waals surface area contributed by atoms with E-state index in [2.05, 4.69) is 5.10 Å². The van der Waals surface area contributed by atoms with Crippen LogP contribution < -0.4 is 5.73 Å².